The lowest BCUT2D eigenvalue weighted by atomic mass is 10.0. The molecule has 1 aliphatic heterocycles. The van der Waals surface area contributed by atoms with Gasteiger partial charge in [0.15, 0.2) is 0 Å². The zero-order chi connectivity index (χ0) is 56.8. The Hall–Kier alpha value is -8.36. The maximum absolute atomic E-state index is 13.7. The van der Waals surface area contributed by atoms with Crippen LogP contribution >= 0.6 is 23.1 Å². The fourth-order valence-corrected chi connectivity index (χ4v) is 8.50. The fourth-order valence-electron chi connectivity index (χ4n) is 7.30. The number of amides is 6. The van der Waals surface area contributed by atoms with Crippen LogP contribution in [0.1, 0.15) is 58.6 Å². The molecule has 1 fully saturated rings. The molecule has 0 saturated carbocycles. The van der Waals surface area contributed by atoms with E-state index in [4.69, 9.17) is 4.74 Å². The van der Waals surface area contributed by atoms with Crippen molar-refractivity contribution in [2.75, 3.05) is 57.5 Å². The van der Waals surface area contributed by atoms with Crippen LogP contribution in [0.5, 0.6) is 11.5 Å². The second-order valence-electron chi connectivity index (χ2n) is 17.0. The van der Waals surface area contributed by atoms with Crippen molar-refractivity contribution in [3.05, 3.63) is 134 Å². The highest BCUT2D eigenvalue weighted by Gasteiger charge is 2.39. The average molecular weight is 1100 g/mol. The number of aromatic nitrogens is 4. The van der Waals surface area contributed by atoms with Crippen molar-refractivity contribution >= 4 is 68.5 Å². The minimum atomic E-state index is -1.01. The molecule has 3 heterocycles. The Morgan fingerprint density at radius 2 is 1.32 bits per heavy atom. The van der Waals surface area contributed by atoms with Crippen LogP contribution in [0, 0.1) is 11.8 Å². The zero-order valence-corrected chi connectivity index (χ0v) is 46.3. The number of nitrogens with one attached hydrogen (secondary N) is 6. The van der Waals surface area contributed by atoms with Crippen molar-refractivity contribution in [1.82, 2.24) is 50.2 Å². The van der Waals surface area contributed by atoms with Crippen LogP contribution in [-0.2, 0) is 28.8 Å². The van der Waals surface area contributed by atoms with Crippen LogP contribution in [0.25, 0.3) is 22.5 Å². The van der Waals surface area contributed by atoms with Crippen LogP contribution < -0.4 is 36.6 Å². The molecule has 4 aromatic carbocycles. The van der Waals surface area contributed by atoms with Gasteiger partial charge in [-0.2, -0.15) is 0 Å². The summed E-state index contributed by atoms with van der Waals surface area (Å²) in [5, 5.41) is 35.7. The first-order valence-corrected chi connectivity index (χ1v) is 26.6. The van der Waals surface area contributed by atoms with Gasteiger partial charge < -0.3 is 51.5 Å². The third kappa shape index (κ3) is 19.3. The first kappa shape index (κ1) is 62.2. The molecule has 22 heteroatoms. The maximum Gasteiger partial charge on any atom is 0.250 e. The van der Waals surface area contributed by atoms with E-state index in [-0.39, 0.29) is 54.3 Å². The van der Waals surface area contributed by atoms with Crippen molar-refractivity contribution in [3.8, 4) is 45.9 Å². The third-order valence-corrected chi connectivity index (χ3v) is 12.9. The Morgan fingerprint density at radius 1 is 0.782 bits per heavy atom. The van der Waals surface area contributed by atoms with Crippen LogP contribution in [0.3, 0.4) is 0 Å². The van der Waals surface area contributed by atoms with Gasteiger partial charge in [0.25, 0.3) is 0 Å². The molecule has 0 aliphatic carbocycles. The van der Waals surface area contributed by atoms with E-state index < -0.39 is 24.2 Å². The van der Waals surface area contributed by atoms with Gasteiger partial charge in [0.2, 0.25) is 35.4 Å². The van der Waals surface area contributed by atoms with Gasteiger partial charge in [-0.1, -0.05) is 113 Å². The summed E-state index contributed by atoms with van der Waals surface area (Å²) in [6.07, 6.45) is 1.84. The standard InChI is InChI=1S/C25H28N6O4S.C19H26N6O3S.C10H10O.C2H4/c1-15(26-2)22(33)27-21(17-10-12-18(32)13-11-17)25(35)31-14-6-9-19(31)23(34)28-24-20(29-30-36-24)16-7-4-3-5-8-16;1-4-10-25(16(27)11-21-18(28)13(2)20-3)12-15(26)22-19-17(23-24-29-19)14-8-6-5-7-9-14;1-2-3-9-11-10-7-5-4-6-8-10;1-2/h3-5,7-8,10-13,15,19,21,26,32H,6,9,14H2,1-2H3,(H,27,33)(H,28,34);5-9,13,20H,4,10-12H2,1-3H3,(H,21,28)(H,22,26);4-8H,9H2,1H3;1-2H2/t15-,19-,21-;13-;;/m00../s1. The molecular weight excluding hydrogens is 1030 g/mol. The number of likely N-dealkylation sites (tertiary alicyclic amines) is 1. The van der Waals surface area contributed by atoms with Crippen molar-refractivity contribution in [1.29, 1.82) is 0 Å². The van der Waals surface area contributed by atoms with E-state index in [2.05, 4.69) is 76.1 Å². The Bertz CT molecular complexity index is 2880. The second kappa shape index (κ2) is 33.6. The number of phenols is 1. The lowest BCUT2D eigenvalue weighted by Crippen LogP contribution is -2.51. The van der Waals surface area contributed by atoms with Crippen molar-refractivity contribution in [3.63, 3.8) is 0 Å². The summed E-state index contributed by atoms with van der Waals surface area (Å²) in [7, 11) is 3.32. The number of phenolic OH excluding ortho intramolecular Hbond substituents is 1. The predicted molar refractivity (Wildman–Crippen MR) is 305 cm³/mol. The van der Waals surface area contributed by atoms with Crippen molar-refractivity contribution < 1.29 is 38.6 Å². The van der Waals surface area contributed by atoms with Crippen molar-refractivity contribution in [2.24, 2.45) is 0 Å². The van der Waals surface area contributed by atoms with E-state index >= 15 is 0 Å². The minimum absolute atomic E-state index is 0.0469. The number of ether oxygens (including phenoxy) is 1. The number of hydrogen-bond donors (Lipinski definition) is 7. The monoisotopic (exact) mass is 1100 g/mol. The molecule has 0 bridgehead atoms. The Labute approximate surface area is 463 Å². The summed E-state index contributed by atoms with van der Waals surface area (Å²) in [6.45, 7) is 14.1. The van der Waals surface area contributed by atoms with Crippen LogP contribution in [0.15, 0.2) is 128 Å². The normalized spacial score (nSPS) is 13.3. The van der Waals surface area contributed by atoms with Gasteiger partial charge in [0, 0.05) is 47.3 Å². The fraction of sp³-hybridized carbons (Fsp3) is 0.321. The molecule has 4 atom stereocenters. The molecule has 6 aromatic rings. The minimum Gasteiger partial charge on any atom is -0.508 e. The summed E-state index contributed by atoms with van der Waals surface area (Å²) in [5.41, 5.74) is 3.35. The largest absolute Gasteiger partial charge is 0.508 e. The van der Waals surface area contributed by atoms with Gasteiger partial charge in [0.05, 0.1) is 25.2 Å². The molecule has 7 N–H and O–H groups in total. The van der Waals surface area contributed by atoms with Gasteiger partial charge in [0.1, 0.15) is 51.6 Å². The van der Waals surface area contributed by atoms with E-state index in [1.165, 1.54) is 21.9 Å². The molecule has 2 aromatic heterocycles. The quantitative estimate of drug-likeness (QED) is 0.0327. The first-order chi connectivity index (χ1) is 37.8. The van der Waals surface area contributed by atoms with Gasteiger partial charge in [-0.15, -0.1) is 29.3 Å². The molecular formula is C56H68N12O8S2. The molecule has 20 nitrogen and oxygen atoms in total. The topological polar surface area (TPSA) is 262 Å². The number of aromatic hydroxyl groups is 1. The molecule has 6 amide bonds. The number of carbonyl (C=O) groups is 6. The Balaban J connectivity index is 0.000000278. The highest BCUT2D eigenvalue weighted by Crippen LogP contribution is 2.31. The lowest BCUT2D eigenvalue weighted by molar-refractivity contribution is -0.140. The number of likely N-dealkylation sites (N-methyl/N-ethyl adjacent to an activating group) is 2. The number of carbonyl (C=O) groups excluding carboxylic acids is 6. The molecule has 1 aliphatic rings. The molecule has 412 valence electrons. The van der Waals surface area contributed by atoms with Gasteiger partial charge >= 0.3 is 0 Å². The molecule has 0 spiro atoms. The highest BCUT2D eigenvalue weighted by molar-refractivity contribution is 7.11. The number of nitrogens with zero attached hydrogens (tertiary/aromatic N) is 6. The summed E-state index contributed by atoms with van der Waals surface area (Å²) < 4.78 is 13.2. The van der Waals surface area contributed by atoms with Crippen LogP contribution in [0.2, 0.25) is 0 Å². The summed E-state index contributed by atoms with van der Waals surface area (Å²) in [4.78, 5) is 79.4. The van der Waals surface area contributed by atoms with Gasteiger partial charge in [-0.25, -0.2) is 0 Å². The molecule has 7 rings (SSSR count). The van der Waals surface area contributed by atoms with Crippen molar-refractivity contribution in [2.45, 2.75) is 71.1 Å². The molecule has 0 radical (unpaired) electrons. The van der Waals surface area contributed by atoms with Gasteiger partial charge in [-0.3, -0.25) is 28.8 Å². The Morgan fingerprint density at radius 3 is 1.86 bits per heavy atom. The predicted octanol–water partition coefficient (Wildman–Crippen LogP) is 6.30. The van der Waals surface area contributed by atoms with Gasteiger partial charge in [-0.05, 0) is 84.0 Å². The van der Waals surface area contributed by atoms with E-state index in [1.54, 1.807) is 47.0 Å². The Kier molecular flexibility index (Phi) is 26.8. The summed E-state index contributed by atoms with van der Waals surface area (Å²) in [6, 6.07) is 32.0. The zero-order valence-electron chi connectivity index (χ0n) is 44.7. The number of benzene rings is 4. The molecule has 0 unspecified atom stereocenters. The second-order valence-corrected chi connectivity index (χ2v) is 18.5. The molecule has 78 heavy (non-hydrogen) atoms. The summed E-state index contributed by atoms with van der Waals surface area (Å²) >= 11 is 2.16. The van der Waals surface area contributed by atoms with E-state index in [0.29, 0.717) is 65.9 Å². The SMILES string of the molecule is C=C.CC#CCOc1ccccc1.CCCN(CC(=O)Nc1snnc1-c1ccccc1)C(=O)CNC(=O)[C@H](C)NC.CN[C@@H](C)C(=O)N[C@H](C(=O)N1CCC[C@H]1C(=O)Nc1snnc1-c1ccccc1)c1ccc(O)cc1. The number of para-hydroxylation sites is 1. The van der Waals surface area contributed by atoms with Crippen LogP contribution in [0.4, 0.5) is 10.0 Å². The van der Waals surface area contributed by atoms with E-state index in [9.17, 15) is 33.9 Å². The summed E-state index contributed by atoms with van der Waals surface area (Å²) in [5.74, 6) is 4.50. The number of rotatable bonds is 20. The average Bonchev–Trinajstić information content (AvgIpc) is 4.30. The highest BCUT2D eigenvalue weighted by atomic mass is 32.1. The van der Waals surface area contributed by atoms with E-state index in [1.807, 2.05) is 97.9 Å². The first-order valence-electron chi connectivity index (χ1n) is 25.0. The number of hydrogen-bond acceptors (Lipinski definition) is 16. The smallest absolute Gasteiger partial charge is 0.250 e. The maximum atomic E-state index is 13.7. The number of anilines is 2. The van der Waals surface area contributed by atoms with E-state index in [0.717, 1.165) is 39.9 Å². The lowest BCUT2D eigenvalue weighted by Gasteiger charge is -2.29. The molecule has 1 saturated heterocycles. The third-order valence-electron chi connectivity index (χ3n) is 11.6. The van der Waals surface area contributed by atoms with Crippen LogP contribution in [-0.4, -0.2) is 135 Å².